The van der Waals surface area contributed by atoms with E-state index in [9.17, 15) is 0 Å². The quantitative estimate of drug-likeness (QED) is 0.917. The van der Waals surface area contributed by atoms with Crippen molar-refractivity contribution in [3.63, 3.8) is 0 Å². The molecule has 110 valence electrons. The molecule has 1 aromatic carbocycles. The minimum absolute atomic E-state index is 0.642. The number of likely N-dealkylation sites (tertiary alicyclic amines) is 1. The molecule has 0 bridgehead atoms. The lowest BCUT2D eigenvalue weighted by atomic mass is 10.0. The second-order valence-corrected chi connectivity index (χ2v) is 5.70. The minimum Gasteiger partial charge on any atom is -0.486 e. The van der Waals surface area contributed by atoms with E-state index in [4.69, 9.17) is 9.47 Å². The van der Waals surface area contributed by atoms with Crippen LogP contribution in [0.5, 0.6) is 11.5 Å². The zero-order chi connectivity index (χ0) is 13.8. The van der Waals surface area contributed by atoms with Crippen molar-refractivity contribution in [2.75, 3.05) is 38.7 Å². The van der Waals surface area contributed by atoms with Gasteiger partial charge in [0, 0.05) is 24.3 Å². The Morgan fingerprint density at radius 2 is 2.05 bits per heavy atom. The van der Waals surface area contributed by atoms with Gasteiger partial charge in [0.05, 0.1) is 0 Å². The third kappa shape index (κ3) is 3.18. The van der Waals surface area contributed by atoms with Crippen LogP contribution in [-0.2, 0) is 0 Å². The molecule has 4 nitrogen and oxygen atoms in total. The highest BCUT2D eigenvalue weighted by atomic mass is 16.6. The summed E-state index contributed by atoms with van der Waals surface area (Å²) in [5, 5.41) is 3.50. The van der Waals surface area contributed by atoms with Crippen LogP contribution in [0.25, 0.3) is 0 Å². The van der Waals surface area contributed by atoms with Gasteiger partial charge in [-0.25, -0.2) is 0 Å². The first-order valence-corrected chi connectivity index (χ1v) is 7.67. The van der Waals surface area contributed by atoms with Crippen molar-refractivity contribution < 1.29 is 9.47 Å². The second kappa shape index (κ2) is 6.35. The Kier molecular flexibility index (Phi) is 4.31. The Bertz CT molecular complexity index is 450. The lowest BCUT2D eigenvalue weighted by Crippen LogP contribution is -2.37. The largest absolute Gasteiger partial charge is 0.486 e. The Morgan fingerprint density at radius 1 is 1.20 bits per heavy atom. The van der Waals surface area contributed by atoms with Crippen LogP contribution in [0, 0.1) is 0 Å². The van der Waals surface area contributed by atoms with Crippen molar-refractivity contribution in [1.82, 2.24) is 4.90 Å². The maximum atomic E-state index is 5.60. The summed E-state index contributed by atoms with van der Waals surface area (Å²) in [7, 11) is 2.24. The van der Waals surface area contributed by atoms with Crippen LogP contribution in [0.3, 0.4) is 0 Å². The molecule has 1 saturated heterocycles. The molecule has 2 aliphatic heterocycles. The molecule has 1 N–H and O–H groups in total. The van der Waals surface area contributed by atoms with Gasteiger partial charge in [-0.05, 0) is 45.0 Å². The van der Waals surface area contributed by atoms with E-state index < -0.39 is 0 Å². The van der Waals surface area contributed by atoms with E-state index in [1.807, 2.05) is 12.1 Å². The highest BCUT2D eigenvalue weighted by Gasteiger charge is 2.18. The van der Waals surface area contributed by atoms with Crippen LogP contribution in [0.1, 0.15) is 25.7 Å². The number of anilines is 1. The van der Waals surface area contributed by atoms with Crippen molar-refractivity contribution in [3.05, 3.63) is 18.2 Å². The lowest BCUT2D eigenvalue weighted by Gasteiger charge is -2.32. The average molecular weight is 276 g/mol. The fraction of sp³-hybridized carbons (Fsp3) is 0.625. The van der Waals surface area contributed by atoms with E-state index in [2.05, 4.69) is 23.3 Å². The maximum absolute atomic E-state index is 5.60. The van der Waals surface area contributed by atoms with Gasteiger partial charge >= 0.3 is 0 Å². The van der Waals surface area contributed by atoms with E-state index in [0.717, 1.165) is 29.8 Å². The third-order valence-electron chi connectivity index (χ3n) is 4.27. The van der Waals surface area contributed by atoms with Gasteiger partial charge in [-0.3, -0.25) is 0 Å². The summed E-state index contributed by atoms with van der Waals surface area (Å²) in [4.78, 5) is 2.50. The van der Waals surface area contributed by atoms with Crippen molar-refractivity contribution in [2.24, 2.45) is 0 Å². The zero-order valence-corrected chi connectivity index (χ0v) is 12.2. The molecule has 3 rings (SSSR count). The Balaban J connectivity index is 1.50. The fourth-order valence-corrected chi connectivity index (χ4v) is 3.05. The van der Waals surface area contributed by atoms with E-state index in [-0.39, 0.29) is 0 Å². The molecule has 1 atom stereocenters. The van der Waals surface area contributed by atoms with Crippen molar-refractivity contribution >= 4 is 5.69 Å². The van der Waals surface area contributed by atoms with Gasteiger partial charge in [-0.2, -0.15) is 0 Å². The molecule has 1 fully saturated rings. The number of nitrogens with one attached hydrogen (secondary N) is 1. The van der Waals surface area contributed by atoms with E-state index in [1.165, 1.54) is 32.2 Å². The summed E-state index contributed by atoms with van der Waals surface area (Å²) in [6.07, 6.45) is 5.26. The number of benzene rings is 1. The number of piperidine rings is 1. The molecule has 2 aliphatic rings. The summed E-state index contributed by atoms with van der Waals surface area (Å²) in [6.45, 7) is 3.54. The number of hydrogen-bond donors (Lipinski definition) is 1. The molecule has 1 aromatic rings. The molecule has 20 heavy (non-hydrogen) atoms. The minimum atomic E-state index is 0.642. The van der Waals surface area contributed by atoms with Gasteiger partial charge in [0.2, 0.25) is 0 Å². The van der Waals surface area contributed by atoms with Gasteiger partial charge in [0.15, 0.2) is 11.5 Å². The van der Waals surface area contributed by atoms with E-state index in [1.54, 1.807) is 0 Å². The van der Waals surface area contributed by atoms with E-state index >= 15 is 0 Å². The van der Waals surface area contributed by atoms with Gasteiger partial charge in [0.25, 0.3) is 0 Å². The predicted molar refractivity (Wildman–Crippen MR) is 80.8 cm³/mol. The Labute approximate surface area is 121 Å². The van der Waals surface area contributed by atoms with Crippen molar-refractivity contribution in [1.29, 1.82) is 0 Å². The summed E-state index contributed by atoms with van der Waals surface area (Å²) in [6, 6.07) is 6.83. The third-order valence-corrected chi connectivity index (χ3v) is 4.27. The van der Waals surface area contributed by atoms with Crippen LogP contribution >= 0.6 is 0 Å². The molecule has 1 unspecified atom stereocenters. The smallest absolute Gasteiger partial charge is 0.163 e. The van der Waals surface area contributed by atoms with Gasteiger partial charge in [0.1, 0.15) is 13.2 Å². The monoisotopic (exact) mass is 276 g/mol. The summed E-state index contributed by atoms with van der Waals surface area (Å²) >= 11 is 0. The van der Waals surface area contributed by atoms with Gasteiger partial charge in [-0.15, -0.1) is 0 Å². The molecule has 0 aromatic heterocycles. The summed E-state index contributed by atoms with van der Waals surface area (Å²) in [5.41, 5.74) is 1.12. The van der Waals surface area contributed by atoms with Crippen LogP contribution < -0.4 is 14.8 Å². The highest BCUT2D eigenvalue weighted by Crippen LogP contribution is 2.32. The average Bonchev–Trinajstić information content (AvgIpc) is 2.49. The summed E-state index contributed by atoms with van der Waals surface area (Å²) in [5.74, 6) is 1.71. The van der Waals surface area contributed by atoms with Crippen LogP contribution in [0.2, 0.25) is 0 Å². The molecule has 0 spiro atoms. The molecular formula is C16H24N2O2. The summed E-state index contributed by atoms with van der Waals surface area (Å²) < 4.78 is 11.1. The topological polar surface area (TPSA) is 33.7 Å². The number of nitrogens with zero attached hydrogens (tertiary/aromatic N) is 1. The molecule has 0 saturated carbocycles. The van der Waals surface area contributed by atoms with Crippen LogP contribution in [0.4, 0.5) is 5.69 Å². The zero-order valence-electron chi connectivity index (χ0n) is 12.2. The predicted octanol–water partition coefficient (Wildman–Crippen LogP) is 2.74. The SMILES string of the molecule is CN1CCCCC1CCNc1ccc2c(c1)OCCO2. The lowest BCUT2D eigenvalue weighted by molar-refractivity contribution is 0.171. The number of rotatable bonds is 4. The Hall–Kier alpha value is -1.42. The van der Waals surface area contributed by atoms with Crippen LogP contribution in [-0.4, -0.2) is 44.3 Å². The molecule has 0 amide bonds. The second-order valence-electron chi connectivity index (χ2n) is 5.70. The fourth-order valence-electron chi connectivity index (χ4n) is 3.05. The maximum Gasteiger partial charge on any atom is 0.163 e. The first-order valence-electron chi connectivity index (χ1n) is 7.67. The molecule has 4 heteroatoms. The van der Waals surface area contributed by atoms with Gasteiger partial charge in [-0.1, -0.05) is 6.42 Å². The van der Waals surface area contributed by atoms with E-state index in [0.29, 0.717) is 13.2 Å². The van der Waals surface area contributed by atoms with Crippen molar-refractivity contribution in [3.8, 4) is 11.5 Å². The molecule has 2 heterocycles. The molecular weight excluding hydrogens is 252 g/mol. The first kappa shape index (κ1) is 13.6. The number of ether oxygens (including phenoxy) is 2. The molecule has 0 aliphatic carbocycles. The standard InChI is InChI=1S/C16H24N2O2/c1-18-9-3-2-4-14(18)7-8-17-13-5-6-15-16(12-13)20-11-10-19-15/h5-6,12,14,17H,2-4,7-11H2,1H3. The number of fused-ring (bicyclic) bond motifs is 1. The molecule has 0 radical (unpaired) electrons. The highest BCUT2D eigenvalue weighted by molar-refractivity contribution is 5.55. The number of hydrogen-bond acceptors (Lipinski definition) is 4. The van der Waals surface area contributed by atoms with Crippen molar-refractivity contribution in [2.45, 2.75) is 31.7 Å². The normalized spacial score (nSPS) is 22.6. The van der Waals surface area contributed by atoms with Crippen LogP contribution in [0.15, 0.2) is 18.2 Å². The first-order chi connectivity index (χ1) is 9.83. The Morgan fingerprint density at radius 3 is 2.90 bits per heavy atom. The van der Waals surface area contributed by atoms with Gasteiger partial charge < -0.3 is 19.7 Å².